The smallest absolute Gasteiger partial charge is 0.184 e. The fourth-order valence-corrected chi connectivity index (χ4v) is 5.57. The van der Waals surface area contributed by atoms with E-state index in [1.54, 1.807) is 0 Å². The molecule has 0 saturated carbocycles. The van der Waals surface area contributed by atoms with Gasteiger partial charge in [0, 0.05) is 0 Å². The molecule has 0 unspecified atom stereocenters. The molecule has 0 saturated heterocycles. The maximum atomic E-state index is 6.25. The summed E-state index contributed by atoms with van der Waals surface area (Å²) >= 11 is 0. The highest BCUT2D eigenvalue weighted by molar-refractivity contribution is 6.69. The van der Waals surface area contributed by atoms with E-state index < -0.39 is 8.32 Å². The first-order valence-electron chi connectivity index (χ1n) is 15.3. The molecule has 4 heteroatoms. The molecule has 208 valence electrons. The van der Waals surface area contributed by atoms with Crippen LogP contribution in [0.2, 0.25) is 19.6 Å². The van der Waals surface area contributed by atoms with Crippen LogP contribution in [0.5, 0.6) is 0 Å². The third-order valence-corrected chi connectivity index (χ3v) is 8.34. The standard InChI is InChI=1S/C30H66NOSi.BrH/c1-7-9-11-13-15-17-19-21-23-25-27-31(3,29-30-32-33(4,5)6)28-26-24-22-20-18-16-14-12-10-8-2;/h7-30H2,1-6H3;1H/q+1;/p-1. The lowest BCUT2D eigenvalue weighted by Crippen LogP contribution is -3.00. The van der Waals surface area contributed by atoms with E-state index >= 15 is 0 Å². The molecule has 0 aromatic carbocycles. The summed E-state index contributed by atoms with van der Waals surface area (Å²) in [6.45, 7) is 16.4. The first kappa shape index (κ1) is 36.8. The molecule has 0 heterocycles. The summed E-state index contributed by atoms with van der Waals surface area (Å²) in [6.07, 6.45) is 28.7. The van der Waals surface area contributed by atoms with Gasteiger partial charge >= 0.3 is 0 Å². The molecular formula is C30H66BrNOSi. The number of likely N-dealkylation sites (N-methyl/N-ethyl adjacent to an activating group) is 1. The van der Waals surface area contributed by atoms with Gasteiger partial charge < -0.3 is 25.9 Å². The summed E-state index contributed by atoms with van der Waals surface area (Å²) in [5.41, 5.74) is 0. The maximum Gasteiger partial charge on any atom is 0.184 e. The minimum Gasteiger partial charge on any atom is -1.00 e. The number of rotatable bonds is 26. The number of halogens is 1. The number of hydrogen-bond acceptors (Lipinski definition) is 1. The molecule has 0 aliphatic carbocycles. The molecule has 0 amide bonds. The van der Waals surface area contributed by atoms with Gasteiger partial charge in [-0.1, -0.05) is 117 Å². The van der Waals surface area contributed by atoms with E-state index in [0.29, 0.717) is 0 Å². The highest BCUT2D eigenvalue weighted by Crippen LogP contribution is 2.16. The van der Waals surface area contributed by atoms with Crippen LogP contribution in [0, 0.1) is 0 Å². The normalized spacial score (nSPS) is 12.2. The van der Waals surface area contributed by atoms with Gasteiger partial charge in [0.1, 0.15) is 6.54 Å². The highest BCUT2D eigenvalue weighted by atomic mass is 79.9. The third-order valence-electron chi connectivity index (χ3n) is 7.27. The van der Waals surface area contributed by atoms with Gasteiger partial charge in [-0.3, -0.25) is 0 Å². The van der Waals surface area contributed by atoms with Gasteiger partial charge in [0.15, 0.2) is 8.32 Å². The minimum absolute atomic E-state index is 0. The summed E-state index contributed by atoms with van der Waals surface area (Å²) in [6, 6.07) is 0. The zero-order valence-electron chi connectivity index (χ0n) is 24.7. The van der Waals surface area contributed by atoms with Gasteiger partial charge in [-0.15, -0.1) is 0 Å². The Bertz CT molecular complexity index is 376. The van der Waals surface area contributed by atoms with Crippen molar-refractivity contribution in [1.82, 2.24) is 0 Å². The lowest BCUT2D eigenvalue weighted by Gasteiger charge is -2.35. The molecule has 0 spiro atoms. The largest absolute Gasteiger partial charge is 1.00 e. The predicted octanol–water partition coefficient (Wildman–Crippen LogP) is 7.13. The molecule has 34 heavy (non-hydrogen) atoms. The van der Waals surface area contributed by atoms with E-state index in [9.17, 15) is 0 Å². The Labute approximate surface area is 228 Å². The van der Waals surface area contributed by atoms with Gasteiger partial charge in [0.05, 0.1) is 26.7 Å². The minimum atomic E-state index is -1.40. The molecule has 0 rings (SSSR count). The number of unbranched alkanes of at least 4 members (excludes halogenated alkanes) is 18. The second-order valence-electron chi connectivity index (χ2n) is 12.1. The van der Waals surface area contributed by atoms with Crippen LogP contribution in [0.4, 0.5) is 0 Å². The average Bonchev–Trinajstić information content (AvgIpc) is 2.75. The van der Waals surface area contributed by atoms with Crippen molar-refractivity contribution in [3.63, 3.8) is 0 Å². The zero-order chi connectivity index (χ0) is 24.7. The molecule has 0 radical (unpaired) electrons. The van der Waals surface area contributed by atoms with Gasteiger partial charge in [-0.05, 0) is 45.3 Å². The van der Waals surface area contributed by atoms with E-state index in [0.717, 1.165) is 6.61 Å². The van der Waals surface area contributed by atoms with Gasteiger partial charge in [-0.25, -0.2) is 0 Å². The maximum absolute atomic E-state index is 6.25. The van der Waals surface area contributed by atoms with E-state index in [1.165, 1.54) is 153 Å². The van der Waals surface area contributed by atoms with Crippen LogP contribution in [0.15, 0.2) is 0 Å². The molecule has 0 N–H and O–H groups in total. The van der Waals surface area contributed by atoms with Crippen LogP contribution < -0.4 is 17.0 Å². The Morgan fingerprint density at radius 1 is 0.471 bits per heavy atom. The van der Waals surface area contributed by atoms with Crippen molar-refractivity contribution < 1.29 is 25.9 Å². The highest BCUT2D eigenvalue weighted by Gasteiger charge is 2.22. The number of quaternary nitrogens is 1. The Morgan fingerprint density at radius 3 is 1.06 bits per heavy atom. The quantitative estimate of drug-likeness (QED) is 0.0617. The molecule has 0 aromatic rings. The topological polar surface area (TPSA) is 9.23 Å². The van der Waals surface area contributed by atoms with Gasteiger partial charge in [-0.2, -0.15) is 0 Å². The van der Waals surface area contributed by atoms with E-state index in [1.807, 2.05) is 0 Å². The summed E-state index contributed by atoms with van der Waals surface area (Å²) < 4.78 is 7.48. The van der Waals surface area contributed by atoms with Crippen LogP contribution >= 0.6 is 0 Å². The lowest BCUT2D eigenvalue weighted by molar-refractivity contribution is -0.910. The zero-order valence-corrected chi connectivity index (χ0v) is 27.3. The van der Waals surface area contributed by atoms with Gasteiger partial charge in [0.25, 0.3) is 0 Å². The number of hydrogen-bond donors (Lipinski definition) is 0. The van der Waals surface area contributed by atoms with Crippen LogP contribution in [0.1, 0.15) is 142 Å². The van der Waals surface area contributed by atoms with E-state index in [2.05, 4.69) is 40.5 Å². The first-order valence-corrected chi connectivity index (χ1v) is 18.7. The average molecular weight is 565 g/mol. The molecule has 0 bridgehead atoms. The monoisotopic (exact) mass is 563 g/mol. The second-order valence-corrected chi connectivity index (χ2v) is 16.6. The van der Waals surface area contributed by atoms with Crippen molar-refractivity contribution in [2.24, 2.45) is 0 Å². The molecule has 0 aliphatic heterocycles. The summed E-state index contributed by atoms with van der Waals surface area (Å²) in [5, 5.41) is 0. The van der Waals surface area contributed by atoms with Crippen LogP contribution in [0.3, 0.4) is 0 Å². The number of nitrogens with zero attached hydrogens (tertiary/aromatic N) is 1. The van der Waals surface area contributed by atoms with Crippen LogP contribution in [0.25, 0.3) is 0 Å². The Hall–Kier alpha value is 0.617. The Morgan fingerprint density at radius 2 is 0.765 bits per heavy atom. The fourth-order valence-electron chi connectivity index (χ4n) is 4.87. The molecular weight excluding hydrogens is 498 g/mol. The Balaban J connectivity index is 0. The molecule has 0 fully saturated rings. The first-order chi connectivity index (χ1) is 15.8. The lowest BCUT2D eigenvalue weighted by atomic mass is 10.1. The second kappa shape index (κ2) is 25.3. The van der Waals surface area contributed by atoms with Crippen molar-refractivity contribution in [1.29, 1.82) is 0 Å². The van der Waals surface area contributed by atoms with Crippen molar-refractivity contribution >= 4 is 8.32 Å². The molecule has 0 atom stereocenters. The predicted molar refractivity (Wildman–Crippen MR) is 154 cm³/mol. The van der Waals surface area contributed by atoms with Crippen molar-refractivity contribution in [3.05, 3.63) is 0 Å². The van der Waals surface area contributed by atoms with Crippen molar-refractivity contribution in [2.75, 3.05) is 33.3 Å². The third kappa shape index (κ3) is 27.2. The molecule has 0 aliphatic rings. The van der Waals surface area contributed by atoms with Crippen LogP contribution in [-0.4, -0.2) is 46.1 Å². The summed E-state index contributed by atoms with van der Waals surface area (Å²) in [7, 11) is 1.11. The summed E-state index contributed by atoms with van der Waals surface area (Å²) in [5.74, 6) is 0. The SMILES string of the molecule is CCCCCCCCCCCC[N+](C)(CCCCCCCCCCCC)CCO[Si](C)(C)C.[Br-]. The van der Waals surface area contributed by atoms with Gasteiger partial charge in [0.2, 0.25) is 0 Å². The van der Waals surface area contributed by atoms with Crippen molar-refractivity contribution in [3.8, 4) is 0 Å². The molecule has 2 nitrogen and oxygen atoms in total. The summed E-state index contributed by atoms with van der Waals surface area (Å²) in [4.78, 5) is 0. The van der Waals surface area contributed by atoms with Crippen LogP contribution in [-0.2, 0) is 4.43 Å². The van der Waals surface area contributed by atoms with E-state index in [-0.39, 0.29) is 17.0 Å². The van der Waals surface area contributed by atoms with Crippen molar-refractivity contribution in [2.45, 2.75) is 162 Å². The molecule has 0 aromatic heterocycles. The fraction of sp³-hybridized carbons (Fsp3) is 1.00. The van der Waals surface area contributed by atoms with E-state index in [4.69, 9.17) is 4.43 Å². The Kier molecular flexibility index (Phi) is 27.3.